The molecule has 3 rings (SSSR count). The van der Waals surface area contributed by atoms with Crippen LogP contribution in [0.3, 0.4) is 0 Å². The van der Waals surface area contributed by atoms with Crippen molar-refractivity contribution in [3.8, 4) is 0 Å². The lowest BCUT2D eigenvalue weighted by Crippen LogP contribution is -2.56. The summed E-state index contributed by atoms with van der Waals surface area (Å²) in [5.74, 6) is -0.448. The molecule has 2 atom stereocenters. The van der Waals surface area contributed by atoms with Crippen molar-refractivity contribution in [2.45, 2.75) is 36.2 Å². The lowest BCUT2D eigenvalue weighted by atomic mass is 9.98. The minimum absolute atomic E-state index is 0.0234. The molecule has 0 bridgehead atoms. The van der Waals surface area contributed by atoms with Gasteiger partial charge in [-0.3, -0.25) is 4.79 Å². The van der Waals surface area contributed by atoms with Crippen molar-refractivity contribution < 1.29 is 17.6 Å². The topological polar surface area (TPSA) is 78.5 Å². The van der Waals surface area contributed by atoms with E-state index in [9.17, 15) is 17.6 Å². The second-order valence-electron chi connectivity index (χ2n) is 6.42. The number of amides is 1. The van der Waals surface area contributed by atoms with Crippen molar-refractivity contribution in [1.29, 1.82) is 0 Å². The first-order chi connectivity index (χ1) is 11.4. The van der Waals surface area contributed by atoms with Crippen LogP contribution in [0, 0.1) is 5.82 Å². The lowest BCUT2D eigenvalue weighted by Gasteiger charge is -2.39. The summed E-state index contributed by atoms with van der Waals surface area (Å²) < 4.78 is 37.3. The van der Waals surface area contributed by atoms with Crippen molar-refractivity contribution in [1.82, 2.24) is 10.2 Å². The Morgan fingerprint density at radius 2 is 2.17 bits per heavy atom. The van der Waals surface area contributed by atoms with Crippen molar-refractivity contribution in [2.75, 3.05) is 31.2 Å². The van der Waals surface area contributed by atoms with Gasteiger partial charge in [-0.25, -0.2) is 12.8 Å². The molecular weight excluding hydrogens is 333 g/mol. The molecule has 8 heteroatoms. The molecule has 0 aliphatic carbocycles. The third kappa shape index (κ3) is 3.54. The normalized spacial score (nSPS) is 25.1. The molecule has 2 aliphatic rings. The van der Waals surface area contributed by atoms with E-state index in [1.54, 1.807) is 0 Å². The Hall–Kier alpha value is -1.67. The van der Waals surface area contributed by atoms with Gasteiger partial charge in [-0.1, -0.05) is 0 Å². The highest BCUT2D eigenvalue weighted by Gasteiger charge is 2.35. The Balaban J connectivity index is 1.79. The van der Waals surface area contributed by atoms with Gasteiger partial charge in [0, 0.05) is 25.8 Å². The number of nitrogens with zero attached hydrogens (tertiary/aromatic N) is 1. The van der Waals surface area contributed by atoms with Gasteiger partial charge in [0.2, 0.25) is 5.91 Å². The fraction of sp³-hybridized carbons (Fsp3) is 0.562. The van der Waals surface area contributed by atoms with E-state index in [2.05, 4.69) is 10.6 Å². The fourth-order valence-corrected chi connectivity index (χ4v) is 4.06. The zero-order valence-corrected chi connectivity index (χ0v) is 14.4. The SMILES string of the molecule is CS(=O)(=O)c1ccc(N[C@@H]2CNCCC2N2CCCC2=O)c(F)c1. The molecule has 2 heterocycles. The molecule has 0 saturated carbocycles. The Morgan fingerprint density at radius 1 is 1.38 bits per heavy atom. The van der Waals surface area contributed by atoms with Crippen LogP contribution >= 0.6 is 0 Å². The van der Waals surface area contributed by atoms with E-state index in [4.69, 9.17) is 0 Å². The van der Waals surface area contributed by atoms with E-state index in [1.165, 1.54) is 12.1 Å². The number of rotatable bonds is 4. The highest BCUT2D eigenvalue weighted by atomic mass is 32.2. The van der Waals surface area contributed by atoms with Crippen molar-refractivity contribution in [2.24, 2.45) is 0 Å². The maximum absolute atomic E-state index is 14.3. The fourth-order valence-electron chi connectivity index (χ4n) is 3.43. The summed E-state index contributed by atoms with van der Waals surface area (Å²) in [5.41, 5.74) is 0.257. The predicted molar refractivity (Wildman–Crippen MR) is 89.1 cm³/mol. The lowest BCUT2D eigenvalue weighted by molar-refractivity contribution is -0.130. The molecule has 24 heavy (non-hydrogen) atoms. The quantitative estimate of drug-likeness (QED) is 0.842. The van der Waals surface area contributed by atoms with Crippen LogP contribution in [0.15, 0.2) is 23.1 Å². The first-order valence-electron chi connectivity index (χ1n) is 8.12. The number of benzene rings is 1. The van der Waals surface area contributed by atoms with Gasteiger partial charge in [-0.2, -0.15) is 0 Å². The van der Waals surface area contributed by atoms with Gasteiger partial charge in [0.05, 0.1) is 22.7 Å². The first-order valence-corrected chi connectivity index (χ1v) is 10.0. The van der Waals surface area contributed by atoms with Crippen LogP contribution < -0.4 is 10.6 Å². The largest absolute Gasteiger partial charge is 0.377 e. The van der Waals surface area contributed by atoms with Crippen LogP contribution in [0.25, 0.3) is 0 Å². The molecule has 2 fully saturated rings. The van der Waals surface area contributed by atoms with Gasteiger partial charge in [0.25, 0.3) is 0 Å². The number of hydrogen-bond acceptors (Lipinski definition) is 5. The molecule has 1 unspecified atom stereocenters. The Morgan fingerprint density at radius 3 is 2.79 bits per heavy atom. The number of likely N-dealkylation sites (tertiary alicyclic amines) is 1. The number of sulfone groups is 1. The van der Waals surface area contributed by atoms with Crippen LogP contribution in [-0.2, 0) is 14.6 Å². The highest BCUT2D eigenvalue weighted by Crippen LogP contribution is 2.25. The van der Waals surface area contributed by atoms with Crippen molar-refractivity contribution >= 4 is 21.4 Å². The average Bonchev–Trinajstić information content (AvgIpc) is 2.95. The summed E-state index contributed by atoms with van der Waals surface area (Å²) in [7, 11) is -3.44. The number of halogens is 1. The average molecular weight is 355 g/mol. The molecule has 1 amide bonds. The molecule has 2 N–H and O–H groups in total. The van der Waals surface area contributed by atoms with Crippen LogP contribution in [0.2, 0.25) is 0 Å². The summed E-state index contributed by atoms with van der Waals surface area (Å²) in [6.45, 7) is 2.20. The number of carbonyl (C=O) groups excluding carboxylic acids is 1. The summed E-state index contributed by atoms with van der Waals surface area (Å²) in [4.78, 5) is 13.9. The Kier molecular flexibility index (Phi) is 4.78. The third-order valence-corrected chi connectivity index (χ3v) is 5.78. The van der Waals surface area contributed by atoms with Crippen LogP contribution in [0.4, 0.5) is 10.1 Å². The maximum Gasteiger partial charge on any atom is 0.222 e. The zero-order valence-electron chi connectivity index (χ0n) is 13.6. The van der Waals surface area contributed by atoms with E-state index in [0.29, 0.717) is 13.0 Å². The molecule has 132 valence electrons. The van der Waals surface area contributed by atoms with Gasteiger partial charge >= 0.3 is 0 Å². The summed E-state index contributed by atoms with van der Waals surface area (Å²) >= 11 is 0. The number of nitrogens with one attached hydrogen (secondary N) is 2. The van der Waals surface area contributed by atoms with E-state index in [-0.39, 0.29) is 28.6 Å². The highest BCUT2D eigenvalue weighted by molar-refractivity contribution is 7.90. The minimum atomic E-state index is -3.44. The van der Waals surface area contributed by atoms with Crippen LogP contribution in [0.5, 0.6) is 0 Å². The molecule has 1 aromatic carbocycles. The molecular formula is C16H22FN3O3S. The minimum Gasteiger partial charge on any atom is -0.377 e. The number of hydrogen-bond donors (Lipinski definition) is 2. The third-order valence-electron chi connectivity index (χ3n) is 4.67. The molecule has 0 spiro atoms. The van der Waals surface area contributed by atoms with Gasteiger partial charge in [0.15, 0.2) is 9.84 Å². The van der Waals surface area contributed by atoms with Crippen LogP contribution in [-0.4, -0.2) is 57.2 Å². The number of piperidine rings is 1. The molecule has 0 radical (unpaired) electrons. The van der Waals surface area contributed by atoms with Gasteiger partial charge < -0.3 is 15.5 Å². The Labute approximate surface area is 141 Å². The Bertz CT molecular complexity index is 738. The van der Waals surface area contributed by atoms with Gasteiger partial charge in [-0.15, -0.1) is 0 Å². The molecule has 1 aromatic rings. The van der Waals surface area contributed by atoms with Crippen molar-refractivity contribution in [3.63, 3.8) is 0 Å². The summed E-state index contributed by atoms with van der Waals surface area (Å²) in [5, 5.41) is 6.41. The maximum atomic E-state index is 14.3. The summed E-state index contributed by atoms with van der Waals surface area (Å²) in [6.07, 6.45) is 3.31. The van der Waals surface area contributed by atoms with E-state index >= 15 is 0 Å². The standard InChI is InChI=1S/C16H22FN3O3S/c1-24(22,23)11-4-5-13(12(17)9-11)19-14-10-18-7-6-15(14)20-8-2-3-16(20)21/h4-5,9,14-15,18-19H,2-3,6-8,10H2,1H3/t14-,15?/m1/s1. The van der Waals surface area contributed by atoms with E-state index in [0.717, 1.165) is 38.3 Å². The zero-order chi connectivity index (χ0) is 17.3. The van der Waals surface area contributed by atoms with Gasteiger partial charge in [-0.05, 0) is 37.6 Å². The molecule has 2 saturated heterocycles. The number of anilines is 1. The summed E-state index contributed by atoms with van der Waals surface area (Å²) in [6, 6.07) is 3.79. The number of carbonyl (C=O) groups is 1. The van der Waals surface area contributed by atoms with E-state index < -0.39 is 15.7 Å². The second kappa shape index (κ2) is 6.68. The van der Waals surface area contributed by atoms with Crippen LogP contribution in [0.1, 0.15) is 19.3 Å². The van der Waals surface area contributed by atoms with Gasteiger partial charge in [0.1, 0.15) is 5.82 Å². The second-order valence-corrected chi connectivity index (χ2v) is 8.43. The monoisotopic (exact) mass is 355 g/mol. The molecule has 0 aromatic heterocycles. The predicted octanol–water partition coefficient (Wildman–Crippen LogP) is 0.994. The molecule has 6 nitrogen and oxygen atoms in total. The smallest absolute Gasteiger partial charge is 0.222 e. The van der Waals surface area contributed by atoms with E-state index in [1.807, 2.05) is 4.90 Å². The molecule has 2 aliphatic heterocycles. The van der Waals surface area contributed by atoms with Crippen molar-refractivity contribution in [3.05, 3.63) is 24.0 Å². The first kappa shape index (κ1) is 17.2.